The van der Waals surface area contributed by atoms with E-state index in [0.29, 0.717) is 11.8 Å². The van der Waals surface area contributed by atoms with Crippen molar-refractivity contribution in [3.05, 3.63) is 12.2 Å². The molecule has 2 heterocycles. The van der Waals surface area contributed by atoms with E-state index in [0.717, 1.165) is 5.71 Å². The second kappa shape index (κ2) is 3.72. The number of hydrazone groups is 1. The molecule has 0 aromatic carbocycles. The smallest absolute Gasteiger partial charge is 0.213 e. The maximum absolute atomic E-state index is 4.65. The van der Waals surface area contributed by atoms with E-state index in [9.17, 15) is 0 Å². The van der Waals surface area contributed by atoms with Gasteiger partial charge in [-0.2, -0.15) is 0 Å². The van der Waals surface area contributed by atoms with E-state index in [2.05, 4.69) is 49.9 Å². The summed E-state index contributed by atoms with van der Waals surface area (Å²) in [7, 11) is 0. The second-order valence-corrected chi connectivity index (χ2v) is 4.65. The van der Waals surface area contributed by atoms with Gasteiger partial charge in [-0.1, -0.05) is 32.4 Å². The summed E-state index contributed by atoms with van der Waals surface area (Å²) in [4.78, 5) is 4.42. The van der Waals surface area contributed by atoms with E-state index in [-0.39, 0.29) is 6.17 Å². The third-order valence-electron chi connectivity index (χ3n) is 2.72. The first kappa shape index (κ1) is 10.3. The zero-order valence-corrected chi connectivity index (χ0v) is 9.81. The van der Waals surface area contributed by atoms with Gasteiger partial charge in [0.15, 0.2) is 0 Å². The zero-order valence-electron chi connectivity index (χ0n) is 9.81. The Kier molecular flexibility index (Phi) is 2.55. The maximum Gasteiger partial charge on any atom is 0.296 e. The molecular formula is C12H18N3+. The molecule has 0 aromatic rings. The maximum atomic E-state index is 4.65. The van der Waals surface area contributed by atoms with E-state index >= 15 is 0 Å². The first-order chi connectivity index (χ1) is 7.09. The summed E-state index contributed by atoms with van der Waals surface area (Å²) >= 11 is 0. The quantitative estimate of drug-likeness (QED) is 0.616. The number of hydrogen-bond donors (Lipinski definition) is 0. The van der Waals surface area contributed by atoms with Crippen LogP contribution in [0.1, 0.15) is 27.7 Å². The molecule has 0 amide bonds. The molecule has 2 aliphatic rings. The largest absolute Gasteiger partial charge is 0.296 e. The summed E-state index contributed by atoms with van der Waals surface area (Å²) in [6, 6.07) is 0. The molecule has 1 unspecified atom stereocenters. The van der Waals surface area contributed by atoms with Crippen LogP contribution < -0.4 is 0 Å². The van der Waals surface area contributed by atoms with Crippen LogP contribution in [0.4, 0.5) is 0 Å². The van der Waals surface area contributed by atoms with E-state index in [4.69, 9.17) is 0 Å². The monoisotopic (exact) mass is 204 g/mol. The molecule has 0 aliphatic carbocycles. The standard InChI is InChI=1S/C12H18N3/c1-8(2)10-5-6-12-13-7-11(9(3)4)15(12)14-10/h5-9,12H,1-4H3/q+1. The van der Waals surface area contributed by atoms with E-state index in [1.807, 2.05) is 10.9 Å². The first-order valence-electron chi connectivity index (χ1n) is 5.55. The van der Waals surface area contributed by atoms with Crippen LogP contribution in [0.25, 0.3) is 0 Å². The molecule has 0 saturated heterocycles. The molecule has 1 atom stereocenters. The van der Waals surface area contributed by atoms with Gasteiger partial charge in [0, 0.05) is 17.9 Å². The molecule has 0 bridgehead atoms. The Morgan fingerprint density at radius 1 is 1.20 bits per heavy atom. The molecule has 80 valence electrons. The van der Waals surface area contributed by atoms with Crippen LogP contribution in [0.3, 0.4) is 0 Å². The van der Waals surface area contributed by atoms with Crippen molar-refractivity contribution in [3.8, 4) is 0 Å². The Bertz CT molecular complexity index is 384. The van der Waals surface area contributed by atoms with Crippen LogP contribution in [0.2, 0.25) is 0 Å². The highest BCUT2D eigenvalue weighted by Gasteiger charge is 2.32. The summed E-state index contributed by atoms with van der Waals surface area (Å²) < 4.78 is 2.04. The number of hydrogen-bond acceptors (Lipinski definition) is 2. The second-order valence-electron chi connectivity index (χ2n) is 4.65. The van der Waals surface area contributed by atoms with Crippen LogP contribution in [0.15, 0.2) is 22.2 Å². The summed E-state index contributed by atoms with van der Waals surface area (Å²) in [5.74, 6) is 0.943. The lowest BCUT2D eigenvalue weighted by molar-refractivity contribution is -0.556. The van der Waals surface area contributed by atoms with Gasteiger partial charge in [0.25, 0.3) is 6.17 Å². The average molecular weight is 204 g/mol. The SMILES string of the molecule is CC(C)C1=N[N+]2=C(C(C)C)C=NC2C=C1. The minimum Gasteiger partial charge on any atom is -0.213 e. The zero-order chi connectivity index (χ0) is 11.0. The molecule has 0 spiro atoms. The summed E-state index contributed by atoms with van der Waals surface area (Å²) in [5.41, 5.74) is 2.34. The molecule has 2 aliphatic heterocycles. The van der Waals surface area contributed by atoms with Crippen molar-refractivity contribution >= 4 is 17.6 Å². The first-order valence-corrected chi connectivity index (χ1v) is 5.55. The summed E-state index contributed by atoms with van der Waals surface area (Å²) in [6.45, 7) is 8.67. The molecule has 0 saturated carbocycles. The van der Waals surface area contributed by atoms with Gasteiger partial charge in [0.1, 0.15) is 5.71 Å². The molecule has 0 aromatic heterocycles. The lowest BCUT2D eigenvalue weighted by Crippen LogP contribution is -2.28. The van der Waals surface area contributed by atoms with E-state index in [1.54, 1.807) is 0 Å². The fourth-order valence-corrected chi connectivity index (χ4v) is 1.74. The van der Waals surface area contributed by atoms with E-state index in [1.165, 1.54) is 5.71 Å². The van der Waals surface area contributed by atoms with Crippen LogP contribution in [0, 0.1) is 11.8 Å². The third-order valence-corrected chi connectivity index (χ3v) is 2.72. The molecular weight excluding hydrogens is 186 g/mol. The third kappa shape index (κ3) is 1.78. The van der Waals surface area contributed by atoms with Crippen LogP contribution in [-0.4, -0.2) is 28.5 Å². The molecule has 2 rings (SSSR count). The molecule has 15 heavy (non-hydrogen) atoms. The van der Waals surface area contributed by atoms with Gasteiger partial charge >= 0.3 is 0 Å². The molecule has 0 N–H and O–H groups in total. The van der Waals surface area contributed by atoms with Gasteiger partial charge in [-0.25, -0.2) is 4.99 Å². The summed E-state index contributed by atoms with van der Waals surface area (Å²) in [6.07, 6.45) is 6.26. The van der Waals surface area contributed by atoms with Crippen molar-refractivity contribution in [2.45, 2.75) is 33.9 Å². The minimum atomic E-state index is 0.102. The highest BCUT2D eigenvalue weighted by atomic mass is 15.5. The number of fused-ring (bicyclic) bond motifs is 1. The summed E-state index contributed by atoms with van der Waals surface area (Å²) in [5, 5.41) is 4.65. The minimum absolute atomic E-state index is 0.102. The lowest BCUT2D eigenvalue weighted by Gasteiger charge is -2.10. The lowest BCUT2D eigenvalue weighted by atomic mass is 10.1. The predicted molar refractivity (Wildman–Crippen MR) is 63.8 cm³/mol. The Morgan fingerprint density at radius 3 is 2.53 bits per heavy atom. The highest BCUT2D eigenvalue weighted by molar-refractivity contribution is 6.29. The van der Waals surface area contributed by atoms with Crippen molar-refractivity contribution in [1.82, 2.24) is 0 Å². The Labute approximate surface area is 90.9 Å². The Balaban J connectivity index is 2.38. The average Bonchev–Trinajstić information content (AvgIpc) is 2.59. The number of rotatable bonds is 2. The number of aliphatic imine (C=N–C) groups is 1. The van der Waals surface area contributed by atoms with Gasteiger partial charge in [-0.05, 0) is 11.2 Å². The van der Waals surface area contributed by atoms with Gasteiger partial charge in [0.2, 0.25) is 5.71 Å². The van der Waals surface area contributed by atoms with Crippen LogP contribution >= 0.6 is 0 Å². The van der Waals surface area contributed by atoms with Crippen LogP contribution in [0.5, 0.6) is 0 Å². The van der Waals surface area contributed by atoms with Crippen LogP contribution in [-0.2, 0) is 0 Å². The fourth-order valence-electron chi connectivity index (χ4n) is 1.74. The number of allylic oxidation sites excluding steroid dienone is 1. The normalized spacial score (nSPS) is 24.1. The topological polar surface area (TPSA) is 27.7 Å². The predicted octanol–water partition coefficient (Wildman–Crippen LogP) is 2.09. The van der Waals surface area contributed by atoms with Gasteiger partial charge < -0.3 is 0 Å². The number of nitrogens with zero attached hydrogens (tertiary/aromatic N) is 3. The van der Waals surface area contributed by atoms with E-state index < -0.39 is 0 Å². The fraction of sp³-hybridized carbons (Fsp3) is 0.583. The Hall–Kier alpha value is -1.25. The highest BCUT2D eigenvalue weighted by Crippen LogP contribution is 2.15. The van der Waals surface area contributed by atoms with Crippen molar-refractivity contribution in [2.75, 3.05) is 0 Å². The van der Waals surface area contributed by atoms with Gasteiger partial charge in [-0.3, -0.25) is 0 Å². The molecule has 0 radical (unpaired) electrons. The molecule has 3 nitrogen and oxygen atoms in total. The van der Waals surface area contributed by atoms with Gasteiger partial charge in [0.05, 0.1) is 6.21 Å². The van der Waals surface area contributed by atoms with Crippen molar-refractivity contribution in [2.24, 2.45) is 21.9 Å². The molecule has 3 heteroatoms. The molecule has 0 fully saturated rings. The van der Waals surface area contributed by atoms with Crippen molar-refractivity contribution in [3.63, 3.8) is 0 Å². The van der Waals surface area contributed by atoms with Crippen molar-refractivity contribution < 1.29 is 4.68 Å². The van der Waals surface area contributed by atoms with Crippen molar-refractivity contribution in [1.29, 1.82) is 0 Å². The Morgan fingerprint density at radius 2 is 1.93 bits per heavy atom. The van der Waals surface area contributed by atoms with Gasteiger partial charge in [-0.15, -0.1) is 0 Å².